The molecule has 8 rings (SSSR count). The average molecular weight is 734 g/mol. The third-order valence-electron chi connectivity index (χ3n) is 8.38. The molecular formula is C37H26Cl2N8O5. The third kappa shape index (κ3) is 6.14. The third-order valence-corrected chi connectivity index (χ3v) is 8.92. The van der Waals surface area contributed by atoms with Gasteiger partial charge in [0, 0.05) is 44.6 Å². The Kier molecular flexibility index (Phi) is 8.80. The van der Waals surface area contributed by atoms with Gasteiger partial charge in [0.05, 0.1) is 32.4 Å². The Morgan fingerprint density at radius 2 is 1.65 bits per heavy atom. The Morgan fingerprint density at radius 3 is 2.35 bits per heavy atom. The van der Waals surface area contributed by atoms with Crippen molar-refractivity contribution in [2.45, 2.75) is 6.92 Å². The summed E-state index contributed by atoms with van der Waals surface area (Å²) in [6, 6.07) is 30.5. The molecule has 0 saturated heterocycles. The summed E-state index contributed by atoms with van der Waals surface area (Å²) in [7, 11) is 0. The van der Waals surface area contributed by atoms with Gasteiger partial charge in [0.25, 0.3) is 0 Å². The van der Waals surface area contributed by atoms with E-state index in [9.17, 15) is 19.7 Å². The van der Waals surface area contributed by atoms with Crippen molar-refractivity contribution in [2.24, 2.45) is 10.8 Å². The number of fused-ring (bicyclic) bond motifs is 4. The van der Waals surface area contributed by atoms with Gasteiger partial charge in [-0.1, -0.05) is 89.9 Å². The molecule has 258 valence electrons. The maximum absolute atomic E-state index is 13.0. The van der Waals surface area contributed by atoms with Crippen LogP contribution in [0.3, 0.4) is 0 Å². The number of carboxylic acid groups (broad SMARTS) is 1. The highest BCUT2D eigenvalue weighted by atomic mass is 35.5. The van der Waals surface area contributed by atoms with Crippen LogP contribution >= 0.6 is 23.2 Å². The number of carbonyl (C=O) groups is 1. The number of carboxylic acids is 1. The second-order valence-corrected chi connectivity index (χ2v) is 12.5. The van der Waals surface area contributed by atoms with Crippen molar-refractivity contribution >= 4 is 69.1 Å². The highest BCUT2D eigenvalue weighted by molar-refractivity contribution is 6.36. The Morgan fingerprint density at radius 1 is 0.942 bits per heavy atom. The van der Waals surface area contributed by atoms with Crippen molar-refractivity contribution in [3.8, 4) is 22.4 Å². The SMILES string of the molecule is Cc1[nH]n2c(=O)c([N+](=O)[O-])c(-c3ccc(C(=O)O)cc3)nc2c1-c1ccc(Cl)cc1Cl.NC1=NNC(c2ccccc2)=Cn2c1cc1ccccc12. The minimum Gasteiger partial charge on any atom is -0.478 e. The van der Waals surface area contributed by atoms with Gasteiger partial charge in [-0.05, 0) is 43.3 Å². The molecule has 4 aromatic carbocycles. The number of nitro groups is 1. The Balaban J connectivity index is 0.000000174. The zero-order chi connectivity index (χ0) is 36.7. The normalized spacial score (nSPS) is 12.2. The molecule has 0 aliphatic carbocycles. The number of aromatic amines is 1. The standard InChI is InChI=1S/C20H12Cl2N4O5.C17H14N4/c1-9-15(13-7-6-12(21)8-14(13)22)18-23-16(10-2-4-11(5-3-10)20(28)29)17(26(30)31)19(27)25(18)24-9;18-17-16-10-13-8-4-5-9-15(13)21(16)11-14(19-20-17)12-6-2-1-3-7-12/h2-8,24H,1H3,(H,28,29);1-11,19H,(H2,18,20). The fourth-order valence-corrected chi connectivity index (χ4v) is 6.43. The number of hydrogen-bond acceptors (Lipinski definition) is 8. The number of amidine groups is 1. The summed E-state index contributed by atoms with van der Waals surface area (Å²) in [5.74, 6) is -0.668. The van der Waals surface area contributed by atoms with Crippen LogP contribution in [0.1, 0.15) is 27.3 Å². The van der Waals surface area contributed by atoms with Crippen LogP contribution in [0.5, 0.6) is 0 Å². The predicted molar refractivity (Wildman–Crippen MR) is 201 cm³/mol. The van der Waals surface area contributed by atoms with Gasteiger partial charge in [0.2, 0.25) is 0 Å². The molecule has 0 unspecified atom stereocenters. The summed E-state index contributed by atoms with van der Waals surface area (Å²) < 4.78 is 3.07. The molecule has 1 aliphatic heterocycles. The molecular weight excluding hydrogens is 707 g/mol. The lowest BCUT2D eigenvalue weighted by Crippen LogP contribution is -2.20. The van der Waals surface area contributed by atoms with Gasteiger partial charge in [-0.25, -0.2) is 9.78 Å². The second kappa shape index (κ2) is 13.5. The van der Waals surface area contributed by atoms with Crippen LogP contribution in [0, 0.1) is 17.0 Å². The lowest BCUT2D eigenvalue weighted by Gasteiger charge is -2.07. The van der Waals surface area contributed by atoms with E-state index in [-0.39, 0.29) is 22.5 Å². The van der Waals surface area contributed by atoms with Gasteiger partial charge in [-0.15, -0.1) is 0 Å². The van der Waals surface area contributed by atoms with E-state index < -0.39 is 22.1 Å². The molecule has 0 saturated carbocycles. The van der Waals surface area contributed by atoms with Crippen LogP contribution in [-0.2, 0) is 0 Å². The number of benzene rings is 4. The molecule has 0 bridgehead atoms. The smallest absolute Gasteiger partial charge is 0.361 e. The van der Waals surface area contributed by atoms with E-state index >= 15 is 0 Å². The lowest BCUT2D eigenvalue weighted by molar-refractivity contribution is -0.385. The maximum atomic E-state index is 13.0. The number of aromatic carboxylic acids is 1. The molecule has 4 heterocycles. The Labute approximate surface area is 304 Å². The number of nitrogens with zero attached hydrogens (tertiary/aromatic N) is 5. The van der Waals surface area contributed by atoms with Crippen LogP contribution in [0.25, 0.3) is 50.8 Å². The zero-order valence-electron chi connectivity index (χ0n) is 27.0. The van der Waals surface area contributed by atoms with Gasteiger partial charge in [-0.3, -0.25) is 25.4 Å². The fraction of sp³-hybridized carbons (Fsp3) is 0.0270. The topological polar surface area (TPSA) is 186 Å². The molecule has 15 heteroatoms. The molecule has 7 aromatic rings. The largest absolute Gasteiger partial charge is 0.478 e. The Bertz CT molecular complexity index is 2680. The number of rotatable bonds is 5. The van der Waals surface area contributed by atoms with E-state index in [2.05, 4.69) is 43.4 Å². The molecule has 0 amide bonds. The van der Waals surface area contributed by atoms with Gasteiger partial charge >= 0.3 is 17.2 Å². The number of nitrogens with one attached hydrogen (secondary N) is 2. The zero-order valence-corrected chi connectivity index (χ0v) is 28.6. The summed E-state index contributed by atoms with van der Waals surface area (Å²) in [6.07, 6.45) is 2.04. The number of hydrazone groups is 1. The Hall–Kier alpha value is -6.70. The molecule has 0 radical (unpaired) electrons. The van der Waals surface area contributed by atoms with Crippen LogP contribution < -0.4 is 16.7 Å². The number of aryl methyl sites for hydroxylation is 1. The number of para-hydroxylation sites is 1. The summed E-state index contributed by atoms with van der Waals surface area (Å²) in [5, 5.41) is 29.7. The van der Waals surface area contributed by atoms with Crippen molar-refractivity contribution in [1.82, 2.24) is 24.6 Å². The first-order valence-corrected chi connectivity index (χ1v) is 16.3. The number of H-pyrrole nitrogens is 1. The van der Waals surface area contributed by atoms with Crippen LogP contribution in [0.15, 0.2) is 113 Å². The van der Waals surface area contributed by atoms with E-state index in [1.54, 1.807) is 19.1 Å². The van der Waals surface area contributed by atoms with Crippen molar-refractivity contribution in [3.63, 3.8) is 0 Å². The van der Waals surface area contributed by atoms with Gasteiger partial charge < -0.3 is 15.4 Å². The molecule has 0 atom stereocenters. The van der Waals surface area contributed by atoms with E-state index in [0.717, 1.165) is 32.4 Å². The molecule has 0 fully saturated rings. The van der Waals surface area contributed by atoms with Crippen LogP contribution in [0.4, 0.5) is 5.69 Å². The fourth-order valence-electron chi connectivity index (χ4n) is 5.93. The van der Waals surface area contributed by atoms with Gasteiger partial charge in [-0.2, -0.15) is 9.62 Å². The second-order valence-electron chi connectivity index (χ2n) is 11.6. The number of aromatic nitrogens is 4. The monoisotopic (exact) mass is 732 g/mol. The summed E-state index contributed by atoms with van der Waals surface area (Å²) in [5.41, 5.74) is 13.2. The quantitative estimate of drug-likeness (QED) is 0.104. The highest BCUT2D eigenvalue weighted by Crippen LogP contribution is 2.36. The minimum atomic E-state index is -1.15. The first-order chi connectivity index (χ1) is 25.0. The first-order valence-electron chi connectivity index (χ1n) is 15.6. The summed E-state index contributed by atoms with van der Waals surface area (Å²) in [6.45, 7) is 1.68. The molecule has 52 heavy (non-hydrogen) atoms. The molecule has 0 spiro atoms. The number of hydrogen-bond donors (Lipinski definition) is 4. The first kappa shape index (κ1) is 33.8. The minimum absolute atomic E-state index is 0.00433. The van der Waals surface area contributed by atoms with E-state index in [4.69, 9.17) is 34.0 Å². The average Bonchev–Trinajstić information content (AvgIpc) is 3.62. The number of nitrogens with two attached hydrogens (primary N) is 1. The van der Waals surface area contributed by atoms with Crippen molar-refractivity contribution in [3.05, 3.63) is 156 Å². The number of halogens is 2. The molecule has 13 nitrogen and oxygen atoms in total. The summed E-state index contributed by atoms with van der Waals surface area (Å²) in [4.78, 5) is 39.4. The lowest BCUT2D eigenvalue weighted by atomic mass is 10.1. The van der Waals surface area contributed by atoms with Crippen LogP contribution in [-0.4, -0.2) is 41.0 Å². The van der Waals surface area contributed by atoms with E-state index in [0.29, 0.717) is 32.7 Å². The van der Waals surface area contributed by atoms with Crippen LogP contribution in [0.2, 0.25) is 10.0 Å². The van der Waals surface area contributed by atoms with E-state index in [1.165, 1.54) is 30.3 Å². The van der Waals surface area contributed by atoms with Crippen molar-refractivity contribution in [2.75, 3.05) is 0 Å². The maximum Gasteiger partial charge on any atom is 0.361 e. The molecule has 5 N–H and O–H groups in total. The molecule has 3 aromatic heterocycles. The van der Waals surface area contributed by atoms with Gasteiger partial charge in [0.15, 0.2) is 17.2 Å². The van der Waals surface area contributed by atoms with E-state index in [1.807, 2.05) is 48.7 Å². The highest BCUT2D eigenvalue weighted by Gasteiger charge is 2.28. The van der Waals surface area contributed by atoms with Gasteiger partial charge in [0.1, 0.15) is 0 Å². The van der Waals surface area contributed by atoms with Crippen molar-refractivity contribution < 1.29 is 14.8 Å². The molecule has 1 aliphatic rings. The van der Waals surface area contributed by atoms with Crippen molar-refractivity contribution in [1.29, 1.82) is 0 Å². The summed E-state index contributed by atoms with van der Waals surface area (Å²) >= 11 is 12.3. The predicted octanol–water partition coefficient (Wildman–Crippen LogP) is 7.40.